The highest BCUT2D eigenvalue weighted by Crippen LogP contribution is 2.30. The molecule has 0 N–H and O–H groups in total. The van der Waals surface area contributed by atoms with Crippen LogP contribution in [0.25, 0.3) is 0 Å². The van der Waals surface area contributed by atoms with Gasteiger partial charge in [0.15, 0.2) is 0 Å². The number of hydrogen-bond acceptors (Lipinski definition) is 7. The fourth-order valence-electron chi connectivity index (χ4n) is 4.79. The molecule has 2 saturated heterocycles. The molecule has 0 unspecified atom stereocenters. The van der Waals surface area contributed by atoms with E-state index >= 15 is 0 Å². The molecule has 9 heteroatoms. The molecule has 8 nitrogen and oxygen atoms in total. The van der Waals surface area contributed by atoms with Crippen LogP contribution in [0.15, 0.2) is 48.5 Å². The minimum absolute atomic E-state index is 0.0277. The maximum absolute atomic E-state index is 13.5. The molecule has 0 bridgehead atoms. The zero-order valence-corrected chi connectivity index (χ0v) is 22.9. The van der Waals surface area contributed by atoms with Crippen LogP contribution in [0.4, 0.5) is 4.79 Å². The van der Waals surface area contributed by atoms with Gasteiger partial charge in [-0.05, 0) is 62.6 Å². The molecular weight excluding hydrogens is 498 g/mol. The van der Waals surface area contributed by atoms with Gasteiger partial charge in [-0.1, -0.05) is 24.3 Å². The molecule has 2 aromatic rings. The molecule has 2 aliphatic rings. The van der Waals surface area contributed by atoms with Crippen molar-refractivity contribution < 1.29 is 14.3 Å². The van der Waals surface area contributed by atoms with Gasteiger partial charge >= 0.3 is 6.09 Å². The summed E-state index contributed by atoms with van der Waals surface area (Å²) in [5.41, 5.74) is 2.59. The van der Waals surface area contributed by atoms with Crippen LogP contribution in [0, 0.1) is 22.7 Å². The monoisotopic (exact) mass is 531 g/mol. The van der Waals surface area contributed by atoms with Gasteiger partial charge in [-0.25, -0.2) is 4.79 Å². The smallest absolute Gasteiger partial charge is 0.411 e. The van der Waals surface area contributed by atoms with Gasteiger partial charge in [-0.3, -0.25) is 14.6 Å². The quantitative estimate of drug-likeness (QED) is 0.546. The van der Waals surface area contributed by atoms with Crippen molar-refractivity contribution in [1.29, 1.82) is 10.5 Å². The first-order valence-corrected chi connectivity index (χ1v) is 13.9. The predicted octanol–water partition coefficient (Wildman–Crippen LogP) is 4.34. The molecule has 2 heterocycles. The summed E-state index contributed by atoms with van der Waals surface area (Å²) in [6.07, 6.45) is 0.0353. The summed E-state index contributed by atoms with van der Waals surface area (Å²) in [6.45, 7) is 7.71. The van der Waals surface area contributed by atoms with Crippen molar-refractivity contribution in [1.82, 2.24) is 14.7 Å². The number of thioether (sulfide) groups is 1. The molecule has 4 rings (SSSR count). The number of amides is 2. The number of likely N-dealkylation sites (tertiary alicyclic amines) is 1. The minimum Gasteiger partial charge on any atom is -0.444 e. The highest BCUT2D eigenvalue weighted by molar-refractivity contribution is 7.99. The first-order valence-electron chi connectivity index (χ1n) is 12.7. The van der Waals surface area contributed by atoms with Crippen molar-refractivity contribution in [2.45, 2.75) is 58.0 Å². The summed E-state index contributed by atoms with van der Waals surface area (Å²) >= 11 is 1.72. The van der Waals surface area contributed by atoms with Crippen LogP contribution in [0.3, 0.4) is 0 Å². The number of rotatable bonds is 6. The van der Waals surface area contributed by atoms with E-state index in [1.807, 2.05) is 49.9 Å². The molecule has 0 saturated carbocycles. The van der Waals surface area contributed by atoms with Crippen molar-refractivity contribution in [3.05, 3.63) is 70.8 Å². The third-order valence-electron chi connectivity index (χ3n) is 6.71. The number of carbonyl (C=O) groups is 2. The Morgan fingerprint density at radius 3 is 2.00 bits per heavy atom. The van der Waals surface area contributed by atoms with Gasteiger partial charge in [0.2, 0.25) is 5.91 Å². The summed E-state index contributed by atoms with van der Waals surface area (Å²) < 4.78 is 5.71. The van der Waals surface area contributed by atoms with Gasteiger partial charge in [0.25, 0.3) is 0 Å². The number of nitrogens with zero attached hydrogens (tertiary/aromatic N) is 5. The van der Waals surface area contributed by atoms with Gasteiger partial charge in [-0.2, -0.15) is 10.5 Å². The zero-order valence-electron chi connectivity index (χ0n) is 22.1. The molecule has 38 heavy (non-hydrogen) atoms. The average Bonchev–Trinajstić information content (AvgIpc) is 3.59. The molecule has 2 amide bonds. The highest BCUT2D eigenvalue weighted by atomic mass is 32.2. The standard InChI is InChI=1S/C29H33N5O3S/c1-29(2,3)37-28(36)34-19-25(14-26(34)27(35)32-12-13-38-20-32)33(17-23-8-4-21(15-30)5-9-23)18-24-10-6-22(16-31)7-11-24/h4-11,25-26H,12-14,17-20H2,1-3H3/t25-,26-/m0/s1. The average molecular weight is 532 g/mol. The largest absolute Gasteiger partial charge is 0.444 e. The molecule has 0 aromatic heterocycles. The lowest BCUT2D eigenvalue weighted by molar-refractivity contribution is -0.134. The number of carbonyl (C=O) groups excluding carboxylic acids is 2. The molecule has 2 aromatic carbocycles. The van der Waals surface area contributed by atoms with Crippen molar-refractivity contribution >= 4 is 23.8 Å². The molecule has 2 aliphatic heterocycles. The molecule has 0 radical (unpaired) electrons. The third kappa shape index (κ3) is 6.86. The van der Waals surface area contributed by atoms with Gasteiger partial charge in [0.1, 0.15) is 11.6 Å². The summed E-state index contributed by atoms with van der Waals surface area (Å²) in [5.74, 6) is 1.51. The lowest BCUT2D eigenvalue weighted by Crippen LogP contribution is -2.48. The van der Waals surface area contributed by atoms with Gasteiger partial charge in [0.05, 0.1) is 29.1 Å². The molecule has 198 valence electrons. The first-order chi connectivity index (χ1) is 18.2. The Morgan fingerprint density at radius 1 is 1.00 bits per heavy atom. The van der Waals surface area contributed by atoms with E-state index < -0.39 is 17.7 Å². The molecule has 2 fully saturated rings. The fourth-order valence-corrected chi connectivity index (χ4v) is 5.74. The van der Waals surface area contributed by atoms with E-state index in [1.54, 1.807) is 40.9 Å². The van der Waals surface area contributed by atoms with Gasteiger partial charge in [0, 0.05) is 38.0 Å². The highest BCUT2D eigenvalue weighted by Gasteiger charge is 2.45. The van der Waals surface area contributed by atoms with E-state index in [2.05, 4.69) is 17.0 Å². The normalized spacial score (nSPS) is 19.3. The van der Waals surface area contributed by atoms with Crippen molar-refractivity contribution in [2.75, 3.05) is 24.7 Å². The Balaban J connectivity index is 1.61. The topological polar surface area (TPSA) is 101 Å². The minimum atomic E-state index is -0.670. The SMILES string of the molecule is CC(C)(C)OC(=O)N1C[C@@H](N(Cc2ccc(C#N)cc2)Cc2ccc(C#N)cc2)C[C@H]1C(=O)N1CCSC1. The van der Waals surface area contributed by atoms with Crippen molar-refractivity contribution in [2.24, 2.45) is 0 Å². The third-order valence-corrected chi connectivity index (χ3v) is 7.68. The molecule has 0 spiro atoms. The van der Waals surface area contributed by atoms with E-state index in [0.29, 0.717) is 49.6 Å². The van der Waals surface area contributed by atoms with E-state index in [9.17, 15) is 20.1 Å². The van der Waals surface area contributed by atoms with E-state index in [0.717, 1.165) is 16.9 Å². The Bertz CT molecular complexity index is 1160. The number of benzene rings is 2. The Kier molecular flexibility index (Phi) is 8.61. The number of nitriles is 2. The summed E-state index contributed by atoms with van der Waals surface area (Å²) in [6, 6.07) is 18.6. The summed E-state index contributed by atoms with van der Waals surface area (Å²) in [5, 5.41) is 18.4. The summed E-state index contributed by atoms with van der Waals surface area (Å²) in [7, 11) is 0. The molecule has 2 atom stereocenters. The Morgan fingerprint density at radius 2 is 1.55 bits per heavy atom. The van der Waals surface area contributed by atoms with E-state index in [4.69, 9.17) is 4.74 Å². The molecule has 0 aliphatic carbocycles. The Hall–Kier alpha value is -3.53. The van der Waals surface area contributed by atoms with Crippen molar-refractivity contribution in [3.8, 4) is 12.1 Å². The van der Waals surface area contributed by atoms with Crippen LogP contribution in [0.2, 0.25) is 0 Å². The van der Waals surface area contributed by atoms with Crippen LogP contribution in [0.1, 0.15) is 49.4 Å². The number of hydrogen-bond donors (Lipinski definition) is 0. The van der Waals surface area contributed by atoms with Gasteiger partial charge in [-0.15, -0.1) is 11.8 Å². The van der Waals surface area contributed by atoms with Crippen LogP contribution in [-0.4, -0.2) is 69.1 Å². The second-order valence-electron chi connectivity index (χ2n) is 10.7. The number of ether oxygens (including phenoxy) is 1. The van der Waals surface area contributed by atoms with E-state index in [-0.39, 0.29) is 11.9 Å². The predicted molar refractivity (Wildman–Crippen MR) is 146 cm³/mol. The van der Waals surface area contributed by atoms with Crippen LogP contribution < -0.4 is 0 Å². The zero-order chi connectivity index (χ0) is 27.3. The van der Waals surface area contributed by atoms with Crippen LogP contribution >= 0.6 is 11.8 Å². The first kappa shape index (κ1) is 27.5. The lowest BCUT2D eigenvalue weighted by atomic mass is 10.1. The van der Waals surface area contributed by atoms with Gasteiger partial charge < -0.3 is 9.64 Å². The maximum Gasteiger partial charge on any atom is 0.411 e. The van der Waals surface area contributed by atoms with Crippen molar-refractivity contribution in [3.63, 3.8) is 0 Å². The fraction of sp³-hybridized carbons (Fsp3) is 0.448. The Labute approximate surface area is 228 Å². The second kappa shape index (κ2) is 11.9. The van der Waals surface area contributed by atoms with E-state index in [1.165, 1.54) is 0 Å². The lowest BCUT2D eigenvalue weighted by Gasteiger charge is -2.30. The molecular formula is C29H33N5O3S. The second-order valence-corrected chi connectivity index (χ2v) is 11.8. The summed E-state index contributed by atoms with van der Waals surface area (Å²) in [4.78, 5) is 32.5. The van der Waals surface area contributed by atoms with Crippen LogP contribution in [0.5, 0.6) is 0 Å². The maximum atomic E-state index is 13.5. The van der Waals surface area contributed by atoms with Crippen LogP contribution in [-0.2, 0) is 22.6 Å².